The number of rotatable bonds is 3. The molecule has 20 heavy (non-hydrogen) atoms. The zero-order valence-electron chi connectivity index (χ0n) is 10.8. The molecule has 3 aromatic rings. The van der Waals surface area contributed by atoms with Crippen LogP contribution in [0.15, 0.2) is 83.0 Å². The Morgan fingerprint density at radius 3 is 2.15 bits per heavy atom. The molecule has 2 heteroatoms. The van der Waals surface area contributed by atoms with Gasteiger partial charge in [0.15, 0.2) is 0 Å². The minimum absolute atomic E-state index is 0.712. The Morgan fingerprint density at radius 1 is 0.600 bits per heavy atom. The predicted molar refractivity (Wildman–Crippen MR) is 80.2 cm³/mol. The number of hydrogen-bond donors (Lipinski definition) is 0. The molecule has 0 aliphatic heterocycles. The van der Waals surface area contributed by atoms with E-state index < -0.39 is 0 Å². The van der Waals surface area contributed by atoms with E-state index in [0.717, 1.165) is 11.1 Å². The number of azo groups is 1. The van der Waals surface area contributed by atoms with Crippen molar-refractivity contribution >= 4 is 11.4 Å². The molecule has 0 N–H and O–H groups in total. The van der Waals surface area contributed by atoms with E-state index in [-0.39, 0.29) is 0 Å². The molecule has 0 heterocycles. The molecule has 0 fully saturated rings. The quantitative estimate of drug-likeness (QED) is 0.563. The highest BCUT2D eigenvalue weighted by Crippen LogP contribution is 2.24. The third-order valence-corrected chi connectivity index (χ3v) is 2.85. The van der Waals surface area contributed by atoms with E-state index in [1.165, 1.54) is 0 Å². The maximum absolute atomic E-state index is 4.20. The molecule has 2 nitrogen and oxygen atoms in total. The van der Waals surface area contributed by atoms with Gasteiger partial charge in [0, 0.05) is 12.1 Å². The van der Waals surface area contributed by atoms with E-state index in [9.17, 15) is 0 Å². The second-order valence-electron chi connectivity index (χ2n) is 4.28. The van der Waals surface area contributed by atoms with Gasteiger partial charge in [-0.05, 0) is 23.3 Å². The van der Waals surface area contributed by atoms with Crippen LogP contribution in [0, 0.1) is 12.1 Å². The van der Waals surface area contributed by atoms with Crippen LogP contribution in [0.5, 0.6) is 0 Å². The van der Waals surface area contributed by atoms with Gasteiger partial charge in [-0.1, -0.05) is 60.7 Å². The first-order valence-electron chi connectivity index (χ1n) is 6.37. The maximum Gasteiger partial charge on any atom is 0.0942 e. The van der Waals surface area contributed by atoms with E-state index in [1.807, 2.05) is 60.7 Å². The molecule has 0 spiro atoms. The molecule has 0 saturated heterocycles. The normalized spacial score (nSPS) is 10.8. The van der Waals surface area contributed by atoms with E-state index in [4.69, 9.17) is 0 Å². The minimum Gasteiger partial charge on any atom is -0.150 e. The van der Waals surface area contributed by atoms with Crippen LogP contribution >= 0.6 is 0 Å². The Balaban J connectivity index is 1.87. The molecule has 94 valence electrons. The van der Waals surface area contributed by atoms with E-state index in [2.05, 4.69) is 34.5 Å². The summed E-state index contributed by atoms with van der Waals surface area (Å²) in [6.45, 7) is 0. The Labute approximate surface area is 118 Å². The molecule has 0 aliphatic rings. The lowest BCUT2D eigenvalue weighted by atomic mass is 10.1. The van der Waals surface area contributed by atoms with E-state index >= 15 is 0 Å². The van der Waals surface area contributed by atoms with Crippen LogP contribution < -0.4 is 0 Å². The molecule has 0 aromatic heterocycles. The van der Waals surface area contributed by atoms with Crippen molar-refractivity contribution in [2.75, 3.05) is 0 Å². The van der Waals surface area contributed by atoms with Gasteiger partial charge in [-0.25, -0.2) is 0 Å². The highest BCUT2D eigenvalue weighted by Gasteiger charge is 1.98. The largest absolute Gasteiger partial charge is 0.150 e. The molecule has 2 radical (unpaired) electrons. The Kier molecular flexibility index (Phi) is 3.65. The van der Waals surface area contributed by atoms with Crippen molar-refractivity contribution in [3.05, 3.63) is 84.9 Å². The fourth-order valence-electron chi connectivity index (χ4n) is 1.88. The Morgan fingerprint density at radius 2 is 1.35 bits per heavy atom. The summed E-state index contributed by atoms with van der Waals surface area (Å²) in [5.41, 5.74) is 3.69. The zero-order chi connectivity index (χ0) is 13.6. The van der Waals surface area contributed by atoms with Crippen LogP contribution in [-0.2, 0) is 0 Å². The average Bonchev–Trinajstić information content (AvgIpc) is 2.55. The van der Waals surface area contributed by atoms with Gasteiger partial charge in [-0.3, -0.25) is 0 Å². The molecular formula is C18H12N2. The summed E-state index contributed by atoms with van der Waals surface area (Å²) in [4.78, 5) is 0. The summed E-state index contributed by atoms with van der Waals surface area (Å²) in [6.07, 6.45) is 0. The summed E-state index contributed by atoms with van der Waals surface area (Å²) < 4.78 is 0. The van der Waals surface area contributed by atoms with E-state index in [1.54, 1.807) is 0 Å². The predicted octanol–water partition coefficient (Wildman–Crippen LogP) is 5.37. The second-order valence-corrected chi connectivity index (χ2v) is 4.28. The Hall–Kier alpha value is -2.74. The van der Waals surface area contributed by atoms with Crippen molar-refractivity contribution in [1.29, 1.82) is 0 Å². The van der Waals surface area contributed by atoms with Gasteiger partial charge in [0.05, 0.1) is 11.4 Å². The minimum atomic E-state index is 0.712. The molecule has 0 bridgehead atoms. The third-order valence-electron chi connectivity index (χ3n) is 2.85. The fraction of sp³-hybridized carbons (Fsp3) is 0. The first-order valence-corrected chi connectivity index (χ1v) is 6.37. The molecule has 3 rings (SSSR count). The number of nitrogens with zero attached hydrogens (tertiary/aromatic N) is 2. The second kappa shape index (κ2) is 5.93. The summed E-state index contributed by atoms with van der Waals surface area (Å²) in [7, 11) is 0. The summed E-state index contributed by atoms with van der Waals surface area (Å²) in [5, 5.41) is 8.35. The fourth-order valence-corrected chi connectivity index (χ4v) is 1.88. The first kappa shape index (κ1) is 12.3. The number of hydrogen-bond acceptors (Lipinski definition) is 2. The van der Waals surface area contributed by atoms with Gasteiger partial charge < -0.3 is 0 Å². The van der Waals surface area contributed by atoms with Crippen molar-refractivity contribution in [1.82, 2.24) is 0 Å². The molecule has 3 aromatic carbocycles. The van der Waals surface area contributed by atoms with Crippen LogP contribution in [0.1, 0.15) is 0 Å². The first-order chi connectivity index (χ1) is 9.92. The van der Waals surface area contributed by atoms with Gasteiger partial charge in [0.25, 0.3) is 0 Å². The monoisotopic (exact) mass is 256 g/mol. The molecule has 0 amide bonds. The SMILES string of the molecule is [c]1ccccc1/N=N/c1[c]ccc(-c2ccccc2)c1. The highest BCUT2D eigenvalue weighted by molar-refractivity contribution is 5.66. The van der Waals surface area contributed by atoms with Crippen LogP contribution in [0.3, 0.4) is 0 Å². The van der Waals surface area contributed by atoms with Gasteiger partial charge in [0.2, 0.25) is 0 Å². The van der Waals surface area contributed by atoms with Crippen LogP contribution in [0.2, 0.25) is 0 Å². The van der Waals surface area contributed by atoms with Crippen LogP contribution in [0.4, 0.5) is 11.4 Å². The summed E-state index contributed by atoms with van der Waals surface area (Å²) in [6, 6.07) is 29.6. The molecule has 0 aliphatic carbocycles. The van der Waals surface area contributed by atoms with Crippen molar-refractivity contribution in [2.45, 2.75) is 0 Å². The van der Waals surface area contributed by atoms with E-state index in [0.29, 0.717) is 11.4 Å². The summed E-state index contributed by atoms with van der Waals surface area (Å²) in [5.74, 6) is 0. The standard InChI is InChI=1S/C18H12N2/c1-3-8-15(9-4-1)16-10-7-13-18(14-16)20-19-17-11-5-2-6-12-17/h1-11,14H/b20-19+. The topological polar surface area (TPSA) is 24.7 Å². The van der Waals surface area contributed by atoms with Crippen LogP contribution in [-0.4, -0.2) is 0 Å². The number of benzene rings is 3. The van der Waals surface area contributed by atoms with Crippen molar-refractivity contribution in [3.8, 4) is 11.1 Å². The van der Waals surface area contributed by atoms with Gasteiger partial charge in [-0.15, -0.1) is 10.2 Å². The summed E-state index contributed by atoms with van der Waals surface area (Å²) >= 11 is 0. The molecule has 0 atom stereocenters. The lowest BCUT2D eigenvalue weighted by Gasteiger charge is -2.01. The maximum atomic E-state index is 4.20. The molecule has 0 unspecified atom stereocenters. The lowest BCUT2D eigenvalue weighted by molar-refractivity contribution is 1.23. The van der Waals surface area contributed by atoms with Gasteiger partial charge >= 0.3 is 0 Å². The lowest BCUT2D eigenvalue weighted by Crippen LogP contribution is -1.76. The molecular weight excluding hydrogens is 244 g/mol. The van der Waals surface area contributed by atoms with Crippen molar-refractivity contribution < 1.29 is 0 Å². The van der Waals surface area contributed by atoms with Crippen LogP contribution in [0.25, 0.3) is 11.1 Å². The Bertz CT molecular complexity index is 704. The average molecular weight is 256 g/mol. The smallest absolute Gasteiger partial charge is 0.0942 e. The zero-order valence-corrected chi connectivity index (χ0v) is 10.8. The van der Waals surface area contributed by atoms with Gasteiger partial charge in [0.1, 0.15) is 0 Å². The van der Waals surface area contributed by atoms with Crippen molar-refractivity contribution in [2.24, 2.45) is 10.2 Å². The highest BCUT2D eigenvalue weighted by atomic mass is 15.1. The van der Waals surface area contributed by atoms with Gasteiger partial charge in [-0.2, -0.15) is 0 Å². The molecule has 0 saturated carbocycles. The third kappa shape index (κ3) is 2.98. The van der Waals surface area contributed by atoms with Crippen molar-refractivity contribution in [3.63, 3.8) is 0 Å².